The van der Waals surface area contributed by atoms with Crippen molar-refractivity contribution in [2.24, 2.45) is 0 Å². The maximum atomic E-state index is 12.2. The first-order chi connectivity index (χ1) is 13.1. The van der Waals surface area contributed by atoms with Gasteiger partial charge in [0.15, 0.2) is 0 Å². The number of ether oxygens (including phenoxy) is 1. The van der Waals surface area contributed by atoms with Crippen molar-refractivity contribution in [1.29, 1.82) is 0 Å². The molecule has 0 radical (unpaired) electrons. The van der Waals surface area contributed by atoms with Gasteiger partial charge in [-0.2, -0.15) is 0 Å². The highest BCUT2D eigenvalue weighted by Crippen LogP contribution is 2.26. The molecule has 0 saturated carbocycles. The largest absolute Gasteiger partial charge is 0.496 e. The number of rotatable bonds is 8. The van der Waals surface area contributed by atoms with Crippen molar-refractivity contribution < 1.29 is 9.53 Å². The number of aromatic nitrogens is 1. The number of thiazole rings is 1. The van der Waals surface area contributed by atoms with E-state index in [9.17, 15) is 4.79 Å². The summed E-state index contributed by atoms with van der Waals surface area (Å²) in [5.41, 5.74) is 4.31. The number of methoxy groups -OCH3 is 1. The molecule has 0 fully saturated rings. The summed E-state index contributed by atoms with van der Waals surface area (Å²) in [6.07, 6.45) is 0.288. The molecule has 0 unspecified atom stereocenters. The number of benzene rings is 2. The smallest absolute Gasteiger partial charge is 0.226 e. The Hall–Kier alpha value is -2.31. The third-order valence-corrected chi connectivity index (χ3v) is 6.16. The van der Waals surface area contributed by atoms with E-state index in [0.29, 0.717) is 6.54 Å². The monoisotopic (exact) mass is 398 g/mol. The molecule has 0 atom stereocenters. The average Bonchev–Trinajstić information content (AvgIpc) is 3.13. The fraction of sp³-hybridized carbons (Fsp3) is 0.238. The van der Waals surface area contributed by atoms with Crippen molar-refractivity contribution in [3.63, 3.8) is 0 Å². The highest BCUT2D eigenvalue weighted by molar-refractivity contribution is 8.00. The van der Waals surface area contributed by atoms with Crippen LogP contribution in [0.15, 0.2) is 58.3 Å². The minimum absolute atomic E-state index is 0.0405. The summed E-state index contributed by atoms with van der Waals surface area (Å²) in [7, 11) is 1.63. The molecule has 4 nitrogen and oxygen atoms in total. The second-order valence-electron chi connectivity index (χ2n) is 6.14. The van der Waals surface area contributed by atoms with Crippen LogP contribution in [0.3, 0.4) is 0 Å². The molecule has 6 heteroatoms. The van der Waals surface area contributed by atoms with Gasteiger partial charge in [-0.05, 0) is 18.6 Å². The van der Waals surface area contributed by atoms with E-state index >= 15 is 0 Å². The van der Waals surface area contributed by atoms with Crippen molar-refractivity contribution in [3.05, 3.63) is 76.3 Å². The van der Waals surface area contributed by atoms with E-state index in [1.54, 1.807) is 30.2 Å². The third kappa shape index (κ3) is 5.84. The van der Waals surface area contributed by atoms with E-state index < -0.39 is 0 Å². The van der Waals surface area contributed by atoms with Crippen LogP contribution >= 0.6 is 23.1 Å². The molecule has 0 saturated heterocycles. The van der Waals surface area contributed by atoms with Crippen LogP contribution in [-0.4, -0.2) is 18.0 Å². The Balaban J connectivity index is 1.48. The SMILES string of the molecule is COc1ccccc1CNC(=O)Cc1csc(SCc2ccc(C)cc2)n1. The van der Waals surface area contributed by atoms with Gasteiger partial charge in [0.2, 0.25) is 5.91 Å². The molecule has 1 N–H and O–H groups in total. The summed E-state index contributed by atoms with van der Waals surface area (Å²) >= 11 is 3.29. The molecule has 0 aliphatic carbocycles. The quantitative estimate of drug-likeness (QED) is 0.563. The van der Waals surface area contributed by atoms with Crippen molar-refractivity contribution in [2.75, 3.05) is 7.11 Å². The predicted molar refractivity (Wildman–Crippen MR) is 111 cm³/mol. The lowest BCUT2D eigenvalue weighted by Gasteiger charge is -2.09. The van der Waals surface area contributed by atoms with Gasteiger partial charge in [-0.15, -0.1) is 11.3 Å². The molecule has 140 valence electrons. The average molecular weight is 399 g/mol. The normalized spacial score (nSPS) is 10.6. The van der Waals surface area contributed by atoms with E-state index in [-0.39, 0.29) is 12.3 Å². The first kappa shape index (κ1) is 19.5. The molecule has 0 aliphatic rings. The van der Waals surface area contributed by atoms with Crippen LogP contribution in [0, 0.1) is 6.92 Å². The number of nitrogens with zero attached hydrogens (tertiary/aromatic N) is 1. The zero-order chi connectivity index (χ0) is 19.1. The van der Waals surface area contributed by atoms with E-state index in [4.69, 9.17) is 4.74 Å². The zero-order valence-corrected chi connectivity index (χ0v) is 17.0. The van der Waals surface area contributed by atoms with Crippen LogP contribution in [0.2, 0.25) is 0 Å². The predicted octanol–water partition coefficient (Wildman–Crippen LogP) is 4.61. The zero-order valence-electron chi connectivity index (χ0n) is 15.4. The van der Waals surface area contributed by atoms with Crippen LogP contribution in [0.4, 0.5) is 0 Å². The lowest BCUT2D eigenvalue weighted by atomic mass is 10.2. The number of thioether (sulfide) groups is 1. The maximum Gasteiger partial charge on any atom is 0.226 e. The van der Waals surface area contributed by atoms with Crippen molar-refractivity contribution in [2.45, 2.75) is 30.0 Å². The second kappa shape index (κ2) is 9.58. The van der Waals surface area contributed by atoms with Crippen LogP contribution < -0.4 is 10.1 Å². The van der Waals surface area contributed by atoms with Crippen LogP contribution in [0.5, 0.6) is 5.75 Å². The van der Waals surface area contributed by atoms with Gasteiger partial charge in [0, 0.05) is 23.2 Å². The summed E-state index contributed by atoms with van der Waals surface area (Å²) < 4.78 is 6.29. The highest BCUT2D eigenvalue weighted by Gasteiger charge is 2.09. The van der Waals surface area contributed by atoms with Crippen molar-refractivity contribution in [1.82, 2.24) is 10.3 Å². The van der Waals surface area contributed by atoms with Gasteiger partial charge in [-0.3, -0.25) is 4.79 Å². The van der Waals surface area contributed by atoms with E-state index in [2.05, 4.69) is 41.5 Å². The third-order valence-electron chi connectivity index (χ3n) is 4.02. The van der Waals surface area contributed by atoms with Crippen molar-refractivity contribution in [3.8, 4) is 5.75 Å². The summed E-state index contributed by atoms with van der Waals surface area (Å²) in [6.45, 7) is 2.53. The number of hydrogen-bond donors (Lipinski definition) is 1. The number of hydrogen-bond acceptors (Lipinski definition) is 5. The second-order valence-corrected chi connectivity index (χ2v) is 8.22. The molecule has 0 bridgehead atoms. The van der Waals surface area contributed by atoms with E-state index in [0.717, 1.165) is 27.1 Å². The highest BCUT2D eigenvalue weighted by atomic mass is 32.2. The Morgan fingerprint density at radius 1 is 1.19 bits per heavy atom. The Labute approximate surface area is 168 Å². The number of carbonyl (C=O) groups is 1. The topological polar surface area (TPSA) is 51.2 Å². The summed E-state index contributed by atoms with van der Waals surface area (Å²) in [5, 5.41) is 4.89. The molecule has 3 rings (SSSR count). The number of aryl methyl sites for hydroxylation is 1. The molecule has 2 aromatic carbocycles. The molecule has 3 aromatic rings. The fourth-order valence-electron chi connectivity index (χ4n) is 2.54. The van der Waals surface area contributed by atoms with Gasteiger partial charge < -0.3 is 10.1 Å². The lowest BCUT2D eigenvalue weighted by molar-refractivity contribution is -0.120. The van der Waals surface area contributed by atoms with Gasteiger partial charge in [0.05, 0.1) is 19.2 Å². The summed E-state index contributed by atoms with van der Waals surface area (Å²) in [6, 6.07) is 16.2. The molecule has 1 amide bonds. The van der Waals surface area contributed by atoms with E-state index in [1.165, 1.54) is 11.1 Å². The van der Waals surface area contributed by atoms with Gasteiger partial charge >= 0.3 is 0 Å². The lowest BCUT2D eigenvalue weighted by Crippen LogP contribution is -2.24. The molecular weight excluding hydrogens is 376 g/mol. The summed E-state index contributed by atoms with van der Waals surface area (Å²) in [5.74, 6) is 1.62. The molecule has 27 heavy (non-hydrogen) atoms. The van der Waals surface area contributed by atoms with Gasteiger partial charge in [0.1, 0.15) is 10.1 Å². The Morgan fingerprint density at radius 3 is 2.74 bits per heavy atom. The maximum absolute atomic E-state index is 12.2. The van der Waals surface area contributed by atoms with Gasteiger partial charge in [-0.25, -0.2) is 4.98 Å². The van der Waals surface area contributed by atoms with Gasteiger partial charge in [0.25, 0.3) is 0 Å². The molecular formula is C21H22N2O2S2. The van der Waals surface area contributed by atoms with Crippen molar-refractivity contribution >= 4 is 29.0 Å². The minimum Gasteiger partial charge on any atom is -0.496 e. The standard InChI is InChI=1S/C21H22N2O2S2/c1-15-7-9-16(10-8-15)13-26-21-23-18(14-27-21)11-20(24)22-12-17-5-3-4-6-19(17)25-2/h3-10,14H,11-13H2,1-2H3,(H,22,24). The van der Waals surface area contributed by atoms with Gasteiger partial charge in [-0.1, -0.05) is 59.8 Å². The molecule has 0 aliphatic heterocycles. The molecule has 1 heterocycles. The number of amides is 1. The van der Waals surface area contributed by atoms with E-state index in [1.807, 2.05) is 29.6 Å². The number of carbonyl (C=O) groups excluding carboxylic acids is 1. The number of para-hydroxylation sites is 1. The van der Waals surface area contributed by atoms with Crippen LogP contribution in [0.1, 0.15) is 22.4 Å². The van der Waals surface area contributed by atoms with Crippen LogP contribution in [0.25, 0.3) is 0 Å². The molecule has 0 spiro atoms. The Bertz CT molecular complexity index is 891. The molecule has 1 aromatic heterocycles. The Kier molecular flexibility index (Phi) is 6.90. The number of nitrogens with one attached hydrogen (secondary N) is 1. The Morgan fingerprint density at radius 2 is 1.96 bits per heavy atom. The fourth-order valence-corrected chi connectivity index (χ4v) is 4.34. The minimum atomic E-state index is -0.0405. The first-order valence-corrected chi connectivity index (χ1v) is 10.5. The van der Waals surface area contributed by atoms with Crippen LogP contribution in [-0.2, 0) is 23.5 Å². The first-order valence-electron chi connectivity index (χ1n) is 8.65. The summed E-state index contributed by atoms with van der Waals surface area (Å²) in [4.78, 5) is 16.8.